The molecular formula is C17H11F3N2O2. The lowest BCUT2D eigenvalue weighted by Gasteiger charge is -2.13. The number of H-pyrrole nitrogens is 1. The maximum absolute atomic E-state index is 13.2. The number of imidazole rings is 1. The standard InChI is InChI=1S/C17H11F3N2O2/c18-17(19,20)13-7-2-1-6-12(13)10-4-3-5-11(8-10)14-9-21-15(22-14)16(23)24/h1-9H,(H,21,22)(H,23,24). The van der Waals surface area contributed by atoms with E-state index in [2.05, 4.69) is 9.97 Å². The summed E-state index contributed by atoms with van der Waals surface area (Å²) in [4.78, 5) is 17.2. The fourth-order valence-electron chi connectivity index (χ4n) is 2.41. The normalized spacial score (nSPS) is 11.5. The maximum atomic E-state index is 13.2. The highest BCUT2D eigenvalue weighted by Gasteiger charge is 2.33. The molecule has 1 heterocycles. The lowest BCUT2D eigenvalue weighted by Crippen LogP contribution is -2.06. The van der Waals surface area contributed by atoms with Crippen LogP contribution in [-0.2, 0) is 6.18 Å². The quantitative estimate of drug-likeness (QED) is 0.744. The summed E-state index contributed by atoms with van der Waals surface area (Å²) in [5, 5.41) is 8.88. The van der Waals surface area contributed by atoms with Crippen molar-refractivity contribution < 1.29 is 23.1 Å². The van der Waals surface area contributed by atoms with Crippen LogP contribution in [0.4, 0.5) is 13.2 Å². The van der Waals surface area contributed by atoms with Crippen molar-refractivity contribution in [3.63, 3.8) is 0 Å². The predicted octanol–water partition coefficient (Wildman–Crippen LogP) is 4.46. The molecule has 0 atom stereocenters. The number of halogens is 3. The second-order valence-corrected chi connectivity index (χ2v) is 5.07. The molecule has 0 unspecified atom stereocenters. The van der Waals surface area contributed by atoms with E-state index in [1.165, 1.54) is 24.4 Å². The van der Waals surface area contributed by atoms with Gasteiger partial charge in [0, 0.05) is 5.56 Å². The molecule has 4 nitrogen and oxygen atoms in total. The number of carboxylic acid groups (broad SMARTS) is 1. The van der Waals surface area contributed by atoms with Gasteiger partial charge in [0.1, 0.15) is 0 Å². The number of aromatic amines is 1. The third-order valence-corrected chi connectivity index (χ3v) is 3.50. The fraction of sp³-hybridized carbons (Fsp3) is 0.0588. The first-order valence-electron chi connectivity index (χ1n) is 6.91. The Bertz CT molecular complexity index is 901. The van der Waals surface area contributed by atoms with Gasteiger partial charge in [0.05, 0.1) is 17.5 Å². The Labute approximate surface area is 134 Å². The second-order valence-electron chi connectivity index (χ2n) is 5.07. The summed E-state index contributed by atoms with van der Waals surface area (Å²) in [5.41, 5.74) is 0.679. The SMILES string of the molecule is O=C(O)c1ncc(-c2cccc(-c3ccccc3C(F)(F)F)c2)[nH]1. The molecule has 24 heavy (non-hydrogen) atoms. The van der Waals surface area contributed by atoms with Gasteiger partial charge in [0.15, 0.2) is 0 Å². The smallest absolute Gasteiger partial charge is 0.417 e. The number of alkyl halides is 3. The summed E-state index contributed by atoms with van der Waals surface area (Å²) in [6, 6.07) is 11.7. The van der Waals surface area contributed by atoms with Gasteiger partial charge in [-0.2, -0.15) is 13.2 Å². The predicted molar refractivity (Wildman–Crippen MR) is 81.4 cm³/mol. The molecule has 2 N–H and O–H groups in total. The van der Waals surface area contributed by atoms with Gasteiger partial charge in [-0.05, 0) is 23.3 Å². The summed E-state index contributed by atoms with van der Waals surface area (Å²) in [5.74, 6) is -1.44. The summed E-state index contributed by atoms with van der Waals surface area (Å²) < 4.78 is 39.5. The van der Waals surface area contributed by atoms with Gasteiger partial charge in [-0.3, -0.25) is 0 Å². The van der Waals surface area contributed by atoms with E-state index in [1.807, 2.05) is 0 Å². The maximum Gasteiger partial charge on any atom is 0.417 e. The first kappa shape index (κ1) is 15.8. The van der Waals surface area contributed by atoms with Crippen LogP contribution in [0.5, 0.6) is 0 Å². The van der Waals surface area contributed by atoms with E-state index >= 15 is 0 Å². The van der Waals surface area contributed by atoms with E-state index in [1.54, 1.807) is 24.3 Å². The van der Waals surface area contributed by atoms with Crippen molar-refractivity contribution in [3.8, 4) is 22.4 Å². The number of hydrogen-bond donors (Lipinski definition) is 2. The van der Waals surface area contributed by atoms with Crippen molar-refractivity contribution in [2.75, 3.05) is 0 Å². The number of nitrogens with one attached hydrogen (secondary N) is 1. The molecule has 0 amide bonds. The van der Waals surface area contributed by atoms with Crippen molar-refractivity contribution in [1.29, 1.82) is 0 Å². The van der Waals surface area contributed by atoms with Gasteiger partial charge in [-0.1, -0.05) is 36.4 Å². The van der Waals surface area contributed by atoms with Gasteiger partial charge < -0.3 is 10.1 Å². The highest BCUT2D eigenvalue weighted by molar-refractivity contribution is 5.84. The minimum atomic E-state index is -4.46. The van der Waals surface area contributed by atoms with Crippen LogP contribution in [0, 0.1) is 0 Å². The molecule has 0 aliphatic carbocycles. The summed E-state index contributed by atoms with van der Waals surface area (Å²) >= 11 is 0. The minimum Gasteiger partial charge on any atom is -0.475 e. The zero-order valence-corrected chi connectivity index (χ0v) is 12.1. The van der Waals surface area contributed by atoms with E-state index in [0.29, 0.717) is 16.8 Å². The Balaban J connectivity index is 2.07. The molecule has 3 rings (SSSR count). The Hall–Kier alpha value is -3.09. The van der Waals surface area contributed by atoms with Crippen molar-refractivity contribution in [3.05, 3.63) is 66.1 Å². The minimum absolute atomic E-state index is 0.0600. The molecule has 0 aliphatic heterocycles. The molecule has 0 saturated heterocycles. The van der Waals surface area contributed by atoms with Crippen molar-refractivity contribution in [2.45, 2.75) is 6.18 Å². The molecule has 7 heteroatoms. The van der Waals surface area contributed by atoms with Gasteiger partial charge >= 0.3 is 12.1 Å². The monoisotopic (exact) mass is 332 g/mol. The molecule has 122 valence electrons. The van der Waals surface area contributed by atoms with Crippen molar-refractivity contribution >= 4 is 5.97 Å². The molecule has 1 aromatic heterocycles. The van der Waals surface area contributed by atoms with Crippen LogP contribution in [0.15, 0.2) is 54.7 Å². The van der Waals surface area contributed by atoms with E-state index in [0.717, 1.165) is 6.07 Å². The van der Waals surface area contributed by atoms with Gasteiger partial charge in [-0.25, -0.2) is 9.78 Å². The molecule has 0 saturated carbocycles. The topological polar surface area (TPSA) is 66.0 Å². The van der Waals surface area contributed by atoms with E-state index in [-0.39, 0.29) is 11.4 Å². The zero-order chi connectivity index (χ0) is 17.3. The molecule has 0 aliphatic rings. The lowest BCUT2D eigenvalue weighted by atomic mass is 9.97. The van der Waals surface area contributed by atoms with E-state index < -0.39 is 17.7 Å². The number of carbonyl (C=O) groups is 1. The van der Waals surface area contributed by atoms with Gasteiger partial charge in [-0.15, -0.1) is 0 Å². The third-order valence-electron chi connectivity index (χ3n) is 3.50. The van der Waals surface area contributed by atoms with E-state index in [4.69, 9.17) is 5.11 Å². The largest absolute Gasteiger partial charge is 0.475 e. The van der Waals surface area contributed by atoms with Crippen LogP contribution in [-0.4, -0.2) is 21.0 Å². The average molecular weight is 332 g/mol. The molecule has 0 spiro atoms. The Morgan fingerprint density at radius 1 is 1.04 bits per heavy atom. The molecule has 0 fully saturated rings. The number of aromatic nitrogens is 2. The molecule has 0 bridgehead atoms. The number of benzene rings is 2. The summed E-state index contributed by atoms with van der Waals surface area (Å²) in [6.07, 6.45) is -3.13. The van der Waals surface area contributed by atoms with Crippen LogP contribution < -0.4 is 0 Å². The van der Waals surface area contributed by atoms with Gasteiger partial charge in [0.25, 0.3) is 0 Å². The van der Waals surface area contributed by atoms with Crippen LogP contribution in [0.2, 0.25) is 0 Å². The Morgan fingerprint density at radius 3 is 2.42 bits per heavy atom. The molecular weight excluding hydrogens is 321 g/mol. The lowest BCUT2D eigenvalue weighted by molar-refractivity contribution is -0.137. The van der Waals surface area contributed by atoms with Gasteiger partial charge in [0.2, 0.25) is 5.82 Å². The molecule has 2 aromatic carbocycles. The molecule has 0 radical (unpaired) electrons. The van der Waals surface area contributed by atoms with Crippen LogP contribution >= 0.6 is 0 Å². The van der Waals surface area contributed by atoms with E-state index in [9.17, 15) is 18.0 Å². The fourth-order valence-corrected chi connectivity index (χ4v) is 2.41. The summed E-state index contributed by atoms with van der Waals surface area (Å²) in [6.45, 7) is 0. The number of nitrogens with zero attached hydrogens (tertiary/aromatic N) is 1. The zero-order valence-electron chi connectivity index (χ0n) is 12.1. The van der Waals surface area contributed by atoms with Crippen LogP contribution in [0.3, 0.4) is 0 Å². The molecule has 3 aromatic rings. The highest BCUT2D eigenvalue weighted by Crippen LogP contribution is 2.37. The van der Waals surface area contributed by atoms with Crippen LogP contribution in [0.1, 0.15) is 16.2 Å². The van der Waals surface area contributed by atoms with Crippen LogP contribution in [0.25, 0.3) is 22.4 Å². The number of hydrogen-bond acceptors (Lipinski definition) is 2. The Morgan fingerprint density at radius 2 is 1.75 bits per heavy atom. The third kappa shape index (κ3) is 3.01. The first-order chi connectivity index (χ1) is 11.4. The average Bonchev–Trinajstić information content (AvgIpc) is 3.04. The number of aromatic carboxylic acids is 1. The number of rotatable bonds is 3. The Kier molecular flexibility index (Phi) is 3.84. The van der Waals surface area contributed by atoms with Crippen molar-refractivity contribution in [1.82, 2.24) is 9.97 Å². The summed E-state index contributed by atoms with van der Waals surface area (Å²) in [7, 11) is 0. The van der Waals surface area contributed by atoms with Crippen molar-refractivity contribution in [2.24, 2.45) is 0 Å². The number of carboxylic acids is 1. The second kappa shape index (κ2) is 5.84. The highest BCUT2D eigenvalue weighted by atomic mass is 19.4. The first-order valence-corrected chi connectivity index (χ1v) is 6.91.